The Morgan fingerprint density at radius 2 is 1.72 bits per heavy atom. The van der Waals surface area contributed by atoms with Crippen LogP contribution in [0.3, 0.4) is 0 Å². The topological polar surface area (TPSA) is 52.6 Å². The maximum absolute atomic E-state index is 12.6. The number of benzene rings is 2. The van der Waals surface area contributed by atoms with Crippen LogP contribution in [-0.2, 0) is 22.3 Å². The second-order valence-corrected chi connectivity index (χ2v) is 5.23. The van der Waals surface area contributed by atoms with Crippen molar-refractivity contribution in [2.24, 2.45) is 0 Å². The fraction of sp³-hybridized carbons (Fsp3) is 0.222. The Labute approximate surface area is 142 Å². The molecule has 0 amide bonds. The van der Waals surface area contributed by atoms with E-state index in [0.717, 1.165) is 12.1 Å². The van der Waals surface area contributed by atoms with Gasteiger partial charge in [0.05, 0.1) is 5.56 Å². The third-order valence-electron chi connectivity index (χ3n) is 3.27. The first-order valence-electron chi connectivity index (χ1n) is 7.31. The van der Waals surface area contributed by atoms with Gasteiger partial charge in [-0.25, -0.2) is 4.79 Å². The van der Waals surface area contributed by atoms with Crippen LogP contribution in [0.1, 0.15) is 28.4 Å². The summed E-state index contributed by atoms with van der Waals surface area (Å²) in [5, 5.41) is 0. The SMILES string of the molecule is CC(=O)c1ccc(OCC(=O)OCc2cccc(C(F)(F)F)c2)cc1. The standard InChI is InChI=1S/C18H15F3O4/c1-12(22)14-5-7-16(8-6-14)24-11-17(23)25-10-13-3-2-4-15(9-13)18(19,20)21/h2-9H,10-11H2,1H3. The second-order valence-electron chi connectivity index (χ2n) is 5.23. The number of Topliss-reactive ketones (excluding diaryl/α,β-unsaturated/α-hetero) is 1. The van der Waals surface area contributed by atoms with Crippen molar-refractivity contribution in [2.45, 2.75) is 19.7 Å². The Hall–Kier alpha value is -2.83. The van der Waals surface area contributed by atoms with Crippen molar-refractivity contribution < 1.29 is 32.2 Å². The largest absolute Gasteiger partial charge is 0.482 e. The number of alkyl halides is 3. The average molecular weight is 352 g/mol. The fourth-order valence-electron chi connectivity index (χ4n) is 1.97. The lowest BCUT2D eigenvalue weighted by molar-refractivity contribution is -0.147. The number of esters is 1. The molecule has 2 aromatic carbocycles. The predicted octanol–water partition coefficient (Wildman–Crippen LogP) is 4.03. The molecule has 2 aromatic rings. The van der Waals surface area contributed by atoms with E-state index in [1.807, 2.05) is 0 Å². The summed E-state index contributed by atoms with van der Waals surface area (Å²) in [5.74, 6) is -0.430. The first-order valence-corrected chi connectivity index (χ1v) is 7.31. The maximum Gasteiger partial charge on any atom is 0.416 e. The van der Waals surface area contributed by atoms with Gasteiger partial charge in [0.2, 0.25) is 0 Å². The van der Waals surface area contributed by atoms with Gasteiger partial charge >= 0.3 is 12.1 Å². The quantitative estimate of drug-likeness (QED) is 0.582. The highest BCUT2D eigenvalue weighted by molar-refractivity contribution is 5.94. The van der Waals surface area contributed by atoms with E-state index in [2.05, 4.69) is 0 Å². The number of hydrogen-bond donors (Lipinski definition) is 0. The lowest BCUT2D eigenvalue weighted by Gasteiger charge is -2.10. The summed E-state index contributed by atoms with van der Waals surface area (Å²) in [6, 6.07) is 10.8. The van der Waals surface area contributed by atoms with E-state index in [1.54, 1.807) is 12.1 Å². The summed E-state index contributed by atoms with van der Waals surface area (Å²) in [4.78, 5) is 22.8. The zero-order valence-corrected chi connectivity index (χ0v) is 13.3. The average Bonchev–Trinajstić information content (AvgIpc) is 2.58. The molecule has 0 atom stereocenters. The van der Waals surface area contributed by atoms with Gasteiger partial charge in [-0.3, -0.25) is 4.79 Å². The summed E-state index contributed by atoms with van der Waals surface area (Å²) in [6.45, 7) is 0.759. The Balaban J connectivity index is 1.84. The third-order valence-corrected chi connectivity index (χ3v) is 3.27. The Kier molecular flexibility index (Phi) is 5.80. The normalized spacial score (nSPS) is 11.0. The van der Waals surface area contributed by atoms with E-state index >= 15 is 0 Å². The Bertz CT molecular complexity index is 752. The minimum absolute atomic E-state index is 0.0907. The van der Waals surface area contributed by atoms with Crippen LogP contribution in [0.25, 0.3) is 0 Å². The predicted molar refractivity (Wildman–Crippen MR) is 83.2 cm³/mol. The number of halogens is 3. The summed E-state index contributed by atoms with van der Waals surface area (Å²) in [6.07, 6.45) is -4.45. The Morgan fingerprint density at radius 1 is 1.04 bits per heavy atom. The molecule has 0 aliphatic heterocycles. The van der Waals surface area contributed by atoms with Gasteiger partial charge in [-0.05, 0) is 48.9 Å². The smallest absolute Gasteiger partial charge is 0.416 e. The molecule has 0 aliphatic carbocycles. The van der Waals surface area contributed by atoms with Crippen molar-refractivity contribution in [1.82, 2.24) is 0 Å². The van der Waals surface area contributed by atoms with Crippen molar-refractivity contribution in [1.29, 1.82) is 0 Å². The number of carbonyl (C=O) groups excluding carboxylic acids is 2. The van der Waals surface area contributed by atoms with Gasteiger partial charge in [-0.15, -0.1) is 0 Å². The summed E-state index contributed by atoms with van der Waals surface area (Å²) in [7, 11) is 0. The summed E-state index contributed by atoms with van der Waals surface area (Å²) in [5.41, 5.74) is -0.0590. The third kappa shape index (κ3) is 5.63. The van der Waals surface area contributed by atoms with Crippen LogP contribution >= 0.6 is 0 Å². The molecule has 4 nitrogen and oxygen atoms in total. The van der Waals surface area contributed by atoms with Crippen LogP contribution in [0.5, 0.6) is 5.75 Å². The van der Waals surface area contributed by atoms with Crippen LogP contribution in [0.15, 0.2) is 48.5 Å². The molecule has 7 heteroatoms. The number of ketones is 1. The highest BCUT2D eigenvalue weighted by Gasteiger charge is 2.30. The van der Waals surface area contributed by atoms with E-state index in [9.17, 15) is 22.8 Å². The molecule has 25 heavy (non-hydrogen) atoms. The number of rotatable bonds is 6. The molecule has 0 bridgehead atoms. The van der Waals surface area contributed by atoms with Crippen molar-refractivity contribution in [2.75, 3.05) is 6.61 Å². The molecule has 0 unspecified atom stereocenters. The number of ether oxygens (including phenoxy) is 2. The van der Waals surface area contributed by atoms with Crippen LogP contribution in [-0.4, -0.2) is 18.4 Å². The van der Waals surface area contributed by atoms with E-state index in [0.29, 0.717) is 11.3 Å². The van der Waals surface area contributed by atoms with Crippen LogP contribution < -0.4 is 4.74 Å². The molecule has 132 valence electrons. The van der Waals surface area contributed by atoms with Crippen molar-refractivity contribution in [3.8, 4) is 5.75 Å². The molecular weight excluding hydrogens is 337 g/mol. The lowest BCUT2D eigenvalue weighted by atomic mass is 10.1. The molecule has 0 fully saturated rings. The molecule has 0 heterocycles. The fourth-order valence-corrected chi connectivity index (χ4v) is 1.97. The van der Waals surface area contributed by atoms with Crippen LogP contribution in [0.2, 0.25) is 0 Å². The van der Waals surface area contributed by atoms with E-state index in [1.165, 1.54) is 31.2 Å². The molecule has 0 saturated carbocycles. The molecule has 2 rings (SSSR count). The van der Waals surface area contributed by atoms with Gasteiger partial charge in [0.1, 0.15) is 12.4 Å². The van der Waals surface area contributed by atoms with Crippen LogP contribution in [0, 0.1) is 0 Å². The highest BCUT2D eigenvalue weighted by Crippen LogP contribution is 2.29. The minimum Gasteiger partial charge on any atom is -0.482 e. The first kappa shape index (κ1) is 18.5. The van der Waals surface area contributed by atoms with Gasteiger partial charge in [0.15, 0.2) is 12.4 Å². The monoisotopic (exact) mass is 352 g/mol. The van der Waals surface area contributed by atoms with Crippen molar-refractivity contribution in [3.63, 3.8) is 0 Å². The second kappa shape index (κ2) is 7.83. The van der Waals surface area contributed by atoms with E-state index in [-0.39, 0.29) is 18.0 Å². The molecule has 0 saturated heterocycles. The number of carbonyl (C=O) groups is 2. The van der Waals surface area contributed by atoms with Gasteiger partial charge in [-0.1, -0.05) is 12.1 Å². The van der Waals surface area contributed by atoms with E-state index in [4.69, 9.17) is 9.47 Å². The molecule has 0 radical (unpaired) electrons. The zero-order chi connectivity index (χ0) is 18.4. The van der Waals surface area contributed by atoms with Crippen molar-refractivity contribution >= 4 is 11.8 Å². The molecule has 0 N–H and O–H groups in total. The first-order chi connectivity index (χ1) is 11.8. The summed E-state index contributed by atoms with van der Waals surface area (Å²) < 4.78 is 47.9. The van der Waals surface area contributed by atoms with Crippen molar-refractivity contribution in [3.05, 3.63) is 65.2 Å². The molecular formula is C18H15F3O4. The van der Waals surface area contributed by atoms with Crippen LogP contribution in [0.4, 0.5) is 13.2 Å². The molecule has 0 aliphatic rings. The zero-order valence-electron chi connectivity index (χ0n) is 13.3. The molecule has 0 spiro atoms. The number of hydrogen-bond acceptors (Lipinski definition) is 4. The Morgan fingerprint density at radius 3 is 2.32 bits per heavy atom. The summed E-state index contributed by atoms with van der Waals surface area (Å²) >= 11 is 0. The van der Waals surface area contributed by atoms with E-state index < -0.39 is 24.3 Å². The lowest BCUT2D eigenvalue weighted by Crippen LogP contribution is -2.15. The van der Waals surface area contributed by atoms with Gasteiger partial charge < -0.3 is 9.47 Å². The highest BCUT2D eigenvalue weighted by atomic mass is 19.4. The minimum atomic E-state index is -4.45. The van der Waals surface area contributed by atoms with Gasteiger partial charge in [0, 0.05) is 5.56 Å². The molecule has 0 aromatic heterocycles. The van der Waals surface area contributed by atoms with Gasteiger partial charge in [0.25, 0.3) is 0 Å². The van der Waals surface area contributed by atoms with Gasteiger partial charge in [-0.2, -0.15) is 13.2 Å². The maximum atomic E-state index is 12.6.